The summed E-state index contributed by atoms with van der Waals surface area (Å²) in [7, 11) is 0. The Morgan fingerprint density at radius 1 is 1.09 bits per heavy atom. The molecule has 122 valence electrons. The van der Waals surface area contributed by atoms with Crippen molar-refractivity contribution in [1.29, 1.82) is 0 Å². The van der Waals surface area contributed by atoms with Crippen molar-refractivity contribution in [3.05, 3.63) is 53.0 Å². The van der Waals surface area contributed by atoms with Gasteiger partial charge in [0.15, 0.2) is 0 Å². The molecule has 0 aliphatic carbocycles. The third-order valence-electron chi connectivity index (χ3n) is 3.73. The van der Waals surface area contributed by atoms with Crippen LogP contribution < -0.4 is 5.32 Å². The van der Waals surface area contributed by atoms with Crippen LogP contribution in [-0.4, -0.2) is 29.8 Å². The summed E-state index contributed by atoms with van der Waals surface area (Å²) in [6, 6.07) is 8.63. The summed E-state index contributed by atoms with van der Waals surface area (Å²) in [6.07, 6.45) is 0. The third kappa shape index (κ3) is 3.80. The zero-order chi connectivity index (χ0) is 17.0. The average molecular weight is 314 g/mol. The van der Waals surface area contributed by atoms with Gasteiger partial charge in [0.05, 0.1) is 5.56 Å². The number of hydrogen-bond acceptors (Lipinski definition) is 3. The van der Waals surface area contributed by atoms with Crippen LogP contribution in [0.15, 0.2) is 34.7 Å². The van der Waals surface area contributed by atoms with Gasteiger partial charge < -0.3 is 14.6 Å². The second kappa shape index (κ2) is 7.13. The number of carbonyl (C=O) groups excluding carboxylic acids is 2. The number of rotatable bonds is 5. The molecule has 2 aromatic rings. The summed E-state index contributed by atoms with van der Waals surface area (Å²) < 4.78 is 5.36. The maximum absolute atomic E-state index is 12.2. The first-order chi connectivity index (χ1) is 11.0. The predicted molar refractivity (Wildman–Crippen MR) is 89.8 cm³/mol. The van der Waals surface area contributed by atoms with Crippen molar-refractivity contribution in [2.24, 2.45) is 0 Å². The Morgan fingerprint density at radius 3 is 2.17 bits per heavy atom. The van der Waals surface area contributed by atoms with E-state index in [0.29, 0.717) is 41.4 Å². The Hall–Kier alpha value is -2.56. The molecule has 1 N–H and O–H groups in total. The topological polar surface area (TPSA) is 62.6 Å². The van der Waals surface area contributed by atoms with E-state index in [1.807, 2.05) is 13.8 Å². The van der Waals surface area contributed by atoms with E-state index in [0.717, 1.165) is 0 Å². The second-order valence-corrected chi connectivity index (χ2v) is 5.34. The number of furan rings is 1. The highest BCUT2D eigenvalue weighted by molar-refractivity contribution is 6.05. The van der Waals surface area contributed by atoms with E-state index >= 15 is 0 Å². The van der Waals surface area contributed by atoms with Crippen LogP contribution in [0.2, 0.25) is 0 Å². The first-order valence-corrected chi connectivity index (χ1v) is 7.74. The Bertz CT molecular complexity index is 698. The zero-order valence-electron chi connectivity index (χ0n) is 14.0. The number of aryl methyl sites for hydroxylation is 2. The van der Waals surface area contributed by atoms with Crippen molar-refractivity contribution >= 4 is 17.5 Å². The molecule has 0 spiro atoms. The van der Waals surface area contributed by atoms with Gasteiger partial charge in [-0.15, -0.1) is 0 Å². The lowest BCUT2D eigenvalue weighted by Crippen LogP contribution is -2.30. The fourth-order valence-corrected chi connectivity index (χ4v) is 2.44. The predicted octanol–water partition coefficient (Wildman–Crippen LogP) is 3.63. The Kier molecular flexibility index (Phi) is 5.21. The van der Waals surface area contributed by atoms with Gasteiger partial charge >= 0.3 is 0 Å². The molecule has 5 nitrogen and oxygen atoms in total. The summed E-state index contributed by atoms with van der Waals surface area (Å²) in [6.45, 7) is 8.81. The van der Waals surface area contributed by atoms with Gasteiger partial charge in [-0.1, -0.05) is 0 Å². The third-order valence-corrected chi connectivity index (χ3v) is 3.73. The lowest BCUT2D eigenvalue weighted by Gasteiger charge is -2.18. The van der Waals surface area contributed by atoms with E-state index in [1.165, 1.54) is 0 Å². The molecule has 2 amide bonds. The van der Waals surface area contributed by atoms with Crippen molar-refractivity contribution < 1.29 is 14.0 Å². The van der Waals surface area contributed by atoms with Crippen molar-refractivity contribution in [2.75, 3.05) is 18.4 Å². The molecule has 1 aromatic carbocycles. The summed E-state index contributed by atoms with van der Waals surface area (Å²) in [5.41, 5.74) is 1.78. The van der Waals surface area contributed by atoms with Gasteiger partial charge in [-0.05, 0) is 58.0 Å². The molecule has 1 heterocycles. The molecule has 0 radical (unpaired) electrons. The molecule has 0 bridgehead atoms. The van der Waals surface area contributed by atoms with E-state index < -0.39 is 0 Å². The normalized spacial score (nSPS) is 10.4. The number of hydrogen-bond donors (Lipinski definition) is 1. The minimum absolute atomic E-state index is 0.00539. The first kappa shape index (κ1) is 16.8. The molecule has 0 saturated carbocycles. The van der Waals surface area contributed by atoms with Crippen LogP contribution in [0, 0.1) is 13.8 Å². The van der Waals surface area contributed by atoms with Crippen LogP contribution in [0.25, 0.3) is 0 Å². The molecule has 0 aliphatic heterocycles. The van der Waals surface area contributed by atoms with Gasteiger partial charge in [-0.3, -0.25) is 9.59 Å². The molecule has 0 saturated heterocycles. The summed E-state index contributed by atoms with van der Waals surface area (Å²) >= 11 is 0. The molecule has 1 aromatic heterocycles. The second-order valence-electron chi connectivity index (χ2n) is 5.34. The first-order valence-electron chi connectivity index (χ1n) is 7.74. The number of anilines is 1. The molecular weight excluding hydrogens is 292 g/mol. The highest BCUT2D eigenvalue weighted by atomic mass is 16.3. The largest absolute Gasteiger partial charge is 0.466 e. The molecule has 0 fully saturated rings. The summed E-state index contributed by atoms with van der Waals surface area (Å²) in [4.78, 5) is 26.2. The van der Waals surface area contributed by atoms with Gasteiger partial charge in [0.25, 0.3) is 11.8 Å². The van der Waals surface area contributed by atoms with E-state index in [9.17, 15) is 9.59 Å². The maximum atomic E-state index is 12.2. The smallest absolute Gasteiger partial charge is 0.259 e. The SMILES string of the molecule is CCN(CC)C(=O)c1ccc(NC(=O)c2cc(C)oc2C)cc1. The van der Waals surface area contributed by atoms with Crippen LogP contribution >= 0.6 is 0 Å². The van der Waals surface area contributed by atoms with Crippen LogP contribution in [0.3, 0.4) is 0 Å². The van der Waals surface area contributed by atoms with Crippen LogP contribution in [-0.2, 0) is 0 Å². The van der Waals surface area contributed by atoms with E-state index in [-0.39, 0.29) is 11.8 Å². The van der Waals surface area contributed by atoms with E-state index in [1.54, 1.807) is 49.1 Å². The van der Waals surface area contributed by atoms with Gasteiger partial charge in [-0.25, -0.2) is 0 Å². The van der Waals surface area contributed by atoms with Crippen molar-refractivity contribution in [3.63, 3.8) is 0 Å². The Morgan fingerprint density at radius 2 is 1.70 bits per heavy atom. The molecule has 23 heavy (non-hydrogen) atoms. The monoisotopic (exact) mass is 314 g/mol. The standard InChI is InChI=1S/C18H22N2O3/c1-5-20(6-2)18(22)14-7-9-15(10-8-14)19-17(21)16-11-12(3)23-13(16)4/h7-11H,5-6H2,1-4H3,(H,19,21). The maximum Gasteiger partial charge on any atom is 0.259 e. The quantitative estimate of drug-likeness (QED) is 0.916. The number of amides is 2. The fraction of sp³-hybridized carbons (Fsp3) is 0.333. The Labute approximate surface area is 136 Å². The van der Waals surface area contributed by atoms with Crippen molar-refractivity contribution in [2.45, 2.75) is 27.7 Å². The highest BCUT2D eigenvalue weighted by Gasteiger charge is 2.15. The average Bonchev–Trinajstić information content (AvgIpc) is 2.88. The molecule has 5 heteroatoms. The van der Waals surface area contributed by atoms with Crippen LogP contribution in [0.4, 0.5) is 5.69 Å². The van der Waals surface area contributed by atoms with Gasteiger partial charge in [0.2, 0.25) is 0 Å². The lowest BCUT2D eigenvalue weighted by atomic mass is 10.1. The Balaban J connectivity index is 2.09. The lowest BCUT2D eigenvalue weighted by molar-refractivity contribution is 0.0773. The number of nitrogens with zero attached hydrogens (tertiary/aromatic N) is 1. The number of benzene rings is 1. The highest BCUT2D eigenvalue weighted by Crippen LogP contribution is 2.17. The van der Waals surface area contributed by atoms with Crippen molar-refractivity contribution in [1.82, 2.24) is 4.90 Å². The summed E-state index contributed by atoms with van der Waals surface area (Å²) in [5.74, 6) is 1.07. The molecular formula is C18H22N2O3. The minimum atomic E-state index is -0.220. The molecule has 0 atom stereocenters. The van der Waals surface area contributed by atoms with Gasteiger partial charge in [0, 0.05) is 24.3 Å². The van der Waals surface area contributed by atoms with E-state index in [2.05, 4.69) is 5.32 Å². The number of nitrogens with one attached hydrogen (secondary N) is 1. The van der Waals surface area contributed by atoms with Gasteiger partial charge in [-0.2, -0.15) is 0 Å². The number of carbonyl (C=O) groups is 2. The van der Waals surface area contributed by atoms with Crippen LogP contribution in [0.1, 0.15) is 46.1 Å². The summed E-state index contributed by atoms with van der Waals surface area (Å²) in [5, 5.41) is 2.81. The van der Waals surface area contributed by atoms with Crippen molar-refractivity contribution in [3.8, 4) is 0 Å². The van der Waals surface area contributed by atoms with Gasteiger partial charge in [0.1, 0.15) is 11.5 Å². The zero-order valence-corrected chi connectivity index (χ0v) is 14.0. The molecule has 0 aliphatic rings. The molecule has 0 unspecified atom stereocenters. The minimum Gasteiger partial charge on any atom is -0.466 e. The fourth-order valence-electron chi connectivity index (χ4n) is 2.44. The van der Waals surface area contributed by atoms with E-state index in [4.69, 9.17) is 4.42 Å². The van der Waals surface area contributed by atoms with Crippen LogP contribution in [0.5, 0.6) is 0 Å². The molecule has 2 rings (SSSR count).